The molecule has 1 heterocycles. The van der Waals surface area contributed by atoms with Crippen molar-refractivity contribution < 1.29 is 9.72 Å². The minimum absolute atomic E-state index is 0.0291. The van der Waals surface area contributed by atoms with E-state index >= 15 is 0 Å². The summed E-state index contributed by atoms with van der Waals surface area (Å²) < 4.78 is 0.751. The molecule has 0 unspecified atom stereocenters. The number of nitro groups is 1. The molecule has 0 bridgehead atoms. The number of nitro benzene ring substituents is 1. The summed E-state index contributed by atoms with van der Waals surface area (Å²) in [6.07, 6.45) is 2.98. The molecule has 0 aliphatic rings. The summed E-state index contributed by atoms with van der Waals surface area (Å²) in [6, 6.07) is 6.32. The van der Waals surface area contributed by atoms with Crippen LogP contribution in [0.25, 0.3) is 0 Å². The van der Waals surface area contributed by atoms with E-state index in [1.54, 1.807) is 43.4 Å². The third-order valence-electron chi connectivity index (χ3n) is 2.95. The molecule has 0 spiro atoms. The first-order valence-electron chi connectivity index (χ1n) is 6.51. The van der Waals surface area contributed by atoms with Gasteiger partial charge in [-0.1, -0.05) is 6.07 Å². The fraction of sp³-hybridized carbons (Fsp3) is 0.143. The van der Waals surface area contributed by atoms with Crippen molar-refractivity contribution in [3.05, 3.63) is 56.3 Å². The van der Waals surface area contributed by atoms with Gasteiger partial charge in [0, 0.05) is 36.4 Å². The first-order chi connectivity index (χ1) is 10.9. The van der Waals surface area contributed by atoms with Crippen LogP contribution in [0.1, 0.15) is 16.1 Å². The largest absolute Gasteiger partial charge is 0.372 e. The van der Waals surface area contributed by atoms with Gasteiger partial charge in [-0.2, -0.15) is 5.10 Å². The minimum Gasteiger partial charge on any atom is -0.372 e. The van der Waals surface area contributed by atoms with Crippen molar-refractivity contribution in [2.45, 2.75) is 0 Å². The molecule has 2 N–H and O–H groups in total. The van der Waals surface area contributed by atoms with Crippen molar-refractivity contribution in [2.24, 2.45) is 5.10 Å². The van der Waals surface area contributed by atoms with E-state index in [1.807, 2.05) is 0 Å². The van der Waals surface area contributed by atoms with E-state index in [4.69, 9.17) is 0 Å². The molecule has 0 aliphatic heterocycles. The van der Waals surface area contributed by atoms with E-state index in [0.717, 1.165) is 4.47 Å². The predicted octanol–water partition coefficient (Wildman–Crippen LogP) is 2.52. The van der Waals surface area contributed by atoms with E-state index in [9.17, 15) is 14.9 Å². The van der Waals surface area contributed by atoms with E-state index < -0.39 is 10.8 Å². The Balaban J connectivity index is 2.12. The Morgan fingerprint density at radius 3 is 2.74 bits per heavy atom. The third kappa shape index (κ3) is 4.16. The number of hydrogen-bond acceptors (Lipinski definition) is 5. The Hall–Kier alpha value is -2.68. The number of benzene rings is 1. The van der Waals surface area contributed by atoms with Crippen LogP contribution in [0.15, 0.2) is 40.0 Å². The van der Waals surface area contributed by atoms with Gasteiger partial charge in [0.2, 0.25) is 0 Å². The lowest BCUT2D eigenvalue weighted by Gasteiger charge is -2.12. The first-order valence-corrected chi connectivity index (χ1v) is 7.31. The molecule has 8 nitrogen and oxygen atoms in total. The number of rotatable bonds is 5. The quantitative estimate of drug-likeness (QED) is 0.473. The molecule has 23 heavy (non-hydrogen) atoms. The summed E-state index contributed by atoms with van der Waals surface area (Å²) in [5.74, 6) is -0.411. The maximum Gasteiger partial charge on any atom is 0.293 e. The van der Waals surface area contributed by atoms with E-state index in [-0.39, 0.29) is 5.69 Å². The average molecular weight is 380 g/mol. The van der Waals surface area contributed by atoms with Crippen LogP contribution in [0.4, 0.5) is 11.4 Å². The number of aromatic amines is 1. The van der Waals surface area contributed by atoms with Crippen LogP contribution in [0.2, 0.25) is 0 Å². The molecule has 0 aliphatic carbocycles. The number of amides is 1. The summed E-state index contributed by atoms with van der Waals surface area (Å²) in [6.45, 7) is 0. The molecule has 0 radical (unpaired) electrons. The van der Waals surface area contributed by atoms with Gasteiger partial charge in [0.05, 0.1) is 11.1 Å². The number of hydrazone groups is 1. The first kappa shape index (κ1) is 16.7. The Bertz CT molecular complexity index is 770. The Morgan fingerprint density at radius 1 is 1.43 bits per heavy atom. The van der Waals surface area contributed by atoms with Crippen molar-refractivity contribution >= 4 is 39.4 Å². The van der Waals surface area contributed by atoms with Crippen LogP contribution in [0.3, 0.4) is 0 Å². The minimum atomic E-state index is -0.457. The lowest BCUT2D eigenvalue weighted by molar-refractivity contribution is -0.384. The molecule has 2 rings (SSSR count). The van der Waals surface area contributed by atoms with Crippen LogP contribution in [-0.2, 0) is 0 Å². The molecule has 1 aromatic heterocycles. The van der Waals surface area contributed by atoms with Crippen LogP contribution in [0, 0.1) is 10.1 Å². The fourth-order valence-electron chi connectivity index (χ4n) is 1.87. The third-order valence-corrected chi connectivity index (χ3v) is 3.41. The summed E-state index contributed by atoms with van der Waals surface area (Å²) in [4.78, 5) is 26.8. The number of halogens is 1. The topological polar surface area (TPSA) is 104 Å². The zero-order valence-electron chi connectivity index (χ0n) is 12.4. The molecule has 120 valence electrons. The van der Waals surface area contributed by atoms with Gasteiger partial charge in [0.1, 0.15) is 11.4 Å². The molecular formula is C14H14BrN5O3. The lowest BCUT2D eigenvalue weighted by atomic mass is 10.2. The van der Waals surface area contributed by atoms with Crippen LogP contribution < -0.4 is 10.3 Å². The molecule has 0 fully saturated rings. The smallest absolute Gasteiger partial charge is 0.293 e. The van der Waals surface area contributed by atoms with E-state index in [2.05, 4.69) is 31.4 Å². The zero-order valence-corrected chi connectivity index (χ0v) is 14.0. The molecule has 0 saturated heterocycles. The molecule has 0 saturated carbocycles. The maximum atomic E-state index is 11.8. The van der Waals surface area contributed by atoms with Crippen LogP contribution >= 0.6 is 15.9 Å². The molecule has 1 amide bonds. The molecule has 9 heteroatoms. The lowest BCUT2D eigenvalue weighted by Crippen LogP contribution is -2.17. The summed E-state index contributed by atoms with van der Waals surface area (Å²) in [5, 5.41) is 14.9. The van der Waals surface area contributed by atoms with Crippen molar-refractivity contribution in [1.29, 1.82) is 0 Å². The second-order valence-corrected chi connectivity index (χ2v) is 5.75. The van der Waals surface area contributed by atoms with Gasteiger partial charge >= 0.3 is 0 Å². The van der Waals surface area contributed by atoms with Crippen LogP contribution in [-0.4, -0.2) is 36.1 Å². The van der Waals surface area contributed by atoms with Crippen LogP contribution in [0.5, 0.6) is 0 Å². The highest BCUT2D eigenvalue weighted by atomic mass is 79.9. The van der Waals surface area contributed by atoms with Crippen molar-refractivity contribution in [3.63, 3.8) is 0 Å². The predicted molar refractivity (Wildman–Crippen MR) is 91.0 cm³/mol. The van der Waals surface area contributed by atoms with Gasteiger partial charge in [-0.3, -0.25) is 14.9 Å². The number of anilines is 1. The van der Waals surface area contributed by atoms with E-state index in [0.29, 0.717) is 16.9 Å². The standard InChI is InChI=1S/C14H14BrN5O3/c1-19(2)12-4-3-9(5-13(12)20(22)23)7-17-18-14(21)11-6-10(15)8-16-11/h3-8,16H,1-2H3,(H,18,21)/b17-7-. The average Bonchev–Trinajstić information content (AvgIpc) is 2.93. The fourth-order valence-corrected chi connectivity index (χ4v) is 2.21. The summed E-state index contributed by atoms with van der Waals surface area (Å²) in [5.41, 5.74) is 3.67. The van der Waals surface area contributed by atoms with Gasteiger partial charge in [-0.25, -0.2) is 5.43 Å². The van der Waals surface area contributed by atoms with Gasteiger partial charge in [-0.15, -0.1) is 0 Å². The molecular weight excluding hydrogens is 366 g/mol. The monoisotopic (exact) mass is 379 g/mol. The number of nitrogens with one attached hydrogen (secondary N) is 2. The molecule has 1 aromatic carbocycles. The van der Waals surface area contributed by atoms with Gasteiger partial charge in [-0.05, 0) is 28.1 Å². The van der Waals surface area contributed by atoms with Crippen molar-refractivity contribution in [1.82, 2.24) is 10.4 Å². The Labute approximate surface area is 140 Å². The van der Waals surface area contributed by atoms with Gasteiger partial charge < -0.3 is 9.88 Å². The Kier molecular flexibility index (Phi) is 5.12. The number of nitrogens with zero attached hydrogens (tertiary/aromatic N) is 3. The van der Waals surface area contributed by atoms with Crippen molar-refractivity contribution in [3.8, 4) is 0 Å². The molecule has 0 atom stereocenters. The highest BCUT2D eigenvalue weighted by molar-refractivity contribution is 9.10. The second kappa shape index (κ2) is 7.05. The number of hydrogen-bond donors (Lipinski definition) is 2. The number of carbonyl (C=O) groups is 1. The highest BCUT2D eigenvalue weighted by Gasteiger charge is 2.15. The summed E-state index contributed by atoms with van der Waals surface area (Å²) in [7, 11) is 3.45. The summed E-state index contributed by atoms with van der Waals surface area (Å²) >= 11 is 3.23. The van der Waals surface area contributed by atoms with Gasteiger partial charge in [0.15, 0.2) is 0 Å². The maximum absolute atomic E-state index is 11.8. The second-order valence-electron chi connectivity index (χ2n) is 4.83. The van der Waals surface area contributed by atoms with E-state index in [1.165, 1.54) is 12.3 Å². The zero-order chi connectivity index (χ0) is 17.0. The Morgan fingerprint density at radius 2 is 2.17 bits per heavy atom. The van der Waals surface area contributed by atoms with Crippen molar-refractivity contribution in [2.75, 3.05) is 19.0 Å². The highest BCUT2D eigenvalue weighted by Crippen LogP contribution is 2.27. The number of aromatic nitrogens is 1. The van der Waals surface area contributed by atoms with Gasteiger partial charge in [0.25, 0.3) is 11.6 Å². The normalized spacial score (nSPS) is 10.7. The number of H-pyrrole nitrogens is 1. The molecule has 2 aromatic rings. The SMILES string of the molecule is CN(C)c1ccc(/C=N\NC(=O)c2cc(Br)c[nH]2)cc1[N+](=O)[O-]. The number of carbonyl (C=O) groups excluding carboxylic acids is 1.